The highest BCUT2D eigenvalue weighted by Gasteiger charge is 2.43. The number of nitrogens with zero attached hydrogens (tertiary/aromatic N) is 4. The summed E-state index contributed by atoms with van der Waals surface area (Å²) in [4.78, 5) is 25.9. The minimum atomic E-state index is -0.973. The van der Waals surface area contributed by atoms with E-state index < -0.39 is 11.4 Å². The number of aromatic nitrogens is 2. The van der Waals surface area contributed by atoms with Crippen LogP contribution >= 0.6 is 0 Å². The highest BCUT2D eigenvalue weighted by atomic mass is 19.1. The van der Waals surface area contributed by atoms with Crippen LogP contribution in [0.2, 0.25) is 0 Å². The Balaban J connectivity index is 1.35. The average Bonchev–Trinajstić information content (AvgIpc) is 3.31. The fraction of sp³-hybridized carbons (Fsp3) is 0.593. The number of hydrogen-bond donors (Lipinski definition) is 2. The Hall–Kier alpha value is -2.98. The molecule has 2 aromatic rings. The number of amides is 1. The Kier molecular flexibility index (Phi) is 6.74. The van der Waals surface area contributed by atoms with Crippen molar-refractivity contribution in [1.29, 1.82) is 0 Å². The summed E-state index contributed by atoms with van der Waals surface area (Å²) in [6.45, 7) is 9.97. The first-order chi connectivity index (χ1) is 17.6. The van der Waals surface area contributed by atoms with Crippen LogP contribution in [0.5, 0.6) is 5.75 Å². The normalized spacial score (nSPS) is 24.3. The molecule has 0 unspecified atom stereocenters. The van der Waals surface area contributed by atoms with Crippen molar-refractivity contribution in [1.82, 2.24) is 14.9 Å². The van der Waals surface area contributed by atoms with E-state index in [1.165, 1.54) is 19.0 Å². The molecule has 0 radical (unpaired) electrons. The lowest BCUT2D eigenvalue weighted by atomic mass is 9.84. The lowest BCUT2D eigenvalue weighted by molar-refractivity contribution is -0.132. The number of hydrogen-bond acceptors (Lipinski definition) is 8. The Morgan fingerprint density at radius 2 is 2.08 bits per heavy atom. The molecule has 0 spiro atoms. The van der Waals surface area contributed by atoms with Gasteiger partial charge in [0.25, 0.3) is 5.91 Å². The molecule has 9 nitrogen and oxygen atoms in total. The van der Waals surface area contributed by atoms with Crippen molar-refractivity contribution in [3.8, 4) is 5.75 Å². The minimum Gasteiger partial charge on any atom is -0.476 e. The van der Waals surface area contributed by atoms with Crippen molar-refractivity contribution in [2.24, 2.45) is 0 Å². The third-order valence-electron chi connectivity index (χ3n) is 7.69. The Labute approximate surface area is 217 Å². The highest BCUT2D eigenvalue weighted by Crippen LogP contribution is 2.40. The molecule has 5 rings (SSSR count). The zero-order valence-electron chi connectivity index (χ0n) is 22.3. The molecule has 1 amide bonds. The fourth-order valence-electron chi connectivity index (χ4n) is 6.02. The van der Waals surface area contributed by atoms with E-state index in [0.29, 0.717) is 36.3 Å². The maximum Gasteiger partial charge on any atom is 0.270 e. The maximum absolute atomic E-state index is 14.7. The number of nitrogens with one attached hydrogen (secondary N) is 2. The van der Waals surface area contributed by atoms with Crippen LogP contribution in [0.4, 0.5) is 27.5 Å². The lowest BCUT2D eigenvalue weighted by Crippen LogP contribution is -2.55. The van der Waals surface area contributed by atoms with Crippen LogP contribution in [0.15, 0.2) is 24.4 Å². The summed E-state index contributed by atoms with van der Waals surface area (Å²) in [6, 6.07) is 6.12. The van der Waals surface area contributed by atoms with Gasteiger partial charge >= 0.3 is 0 Å². The predicted molar refractivity (Wildman–Crippen MR) is 141 cm³/mol. The third kappa shape index (κ3) is 5.09. The van der Waals surface area contributed by atoms with Crippen molar-refractivity contribution in [3.63, 3.8) is 0 Å². The van der Waals surface area contributed by atoms with Crippen molar-refractivity contribution < 1.29 is 18.7 Å². The van der Waals surface area contributed by atoms with Crippen molar-refractivity contribution in [3.05, 3.63) is 30.2 Å². The van der Waals surface area contributed by atoms with E-state index in [1.54, 1.807) is 25.9 Å². The first-order valence-corrected chi connectivity index (χ1v) is 13.0. The summed E-state index contributed by atoms with van der Waals surface area (Å²) in [5.74, 6) is 0.456. The molecule has 0 bridgehead atoms. The Morgan fingerprint density at radius 1 is 1.27 bits per heavy atom. The molecule has 2 saturated heterocycles. The van der Waals surface area contributed by atoms with Crippen LogP contribution < -0.4 is 20.3 Å². The van der Waals surface area contributed by atoms with Gasteiger partial charge in [-0.25, -0.2) is 9.37 Å². The molecular formula is C27H37FN6O3. The molecule has 2 N–H and O–H groups in total. The first kappa shape index (κ1) is 25.7. The van der Waals surface area contributed by atoms with Crippen LogP contribution in [-0.4, -0.2) is 70.8 Å². The Morgan fingerprint density at radius 3 is 2.86 bits per heavy atom. The third-order valence-corrected chi connectivity index (χ3v) is 7.69. The maximum atomic E-state index is 14.7. The van der Waals surface area contributed by atoms with Crippen LogP contribution in [0.25, 0.3) is 0 Å². The summed E-state index contributed by atoms with van der Waals surface area (Å²) in [5.41, 5.74) is 0.389. The molecule has 200 valence electrons. The van der Waals surface area contributed by atoms with Crippen molar-refractivity contribution >= 4 is 29.0 Å². The van der Waals surface area contributed by atoms with Gasteiger partial charge in [0.1, 0.15) is 5.75 Å². The summed E-state index contributed by atoms with van der Waals surface area (Å²) in [6.07, 6.45) is 5.48. The smallest absolute Gasteiger partial charge is 0.270 e. The summed E-state index contributed by atoms with van der Waals surface area (Å²) < 4.78 is 25.9. The van der Waals surface area contributed by atoms with Crippen LogP contribution in [0.3, 0.4) is 0 Å². The number of methoxy groups -OCH3 is 1. The number of rotatable bonds is 7. The molecule has 2 fully saturated rings. The van der Waals surface area contributed by atoms with Gasteiger partial charge in [0.05, 0.1) is 18.5 Å². The van der Waals surface area contributed by atoms with Gasteiger partial charge in [-0.1, -0.05) is 0 Å². The summed E-state index contributed by atoms with van der Waals surface area (Å²) in [5, 5.41) is 6.52. The van der Waals surface area contributed by atoms with Gasteiger partial charge in [0, 0.05) is 37.0 Å². The van der Waals surface area contributed by atoms with Gasteiger partial charge in [-0.3, -0.25) is 9.69 Å². The second kappa shape index (κ2) is 9.72. The molecule has 2 atom stereocenters. The number of ether oxygens (including phenoxy) is 2. The predicted octanol–water partition coefficient (Wildman–Crippen LogP) is 4.33. The molecule has 10 heteroatoms. The molecular weight excluding hydrogens is 475 g/mol. The number of benzene rings is 1. The lowest BCUT2D eigenvalue weighted by Gasteiger charge is -2.47. The van der Waals surface area contributed by atoms with Crippen LogP contribution in [0, 0.1) is 5.82 Å². The van der Waals surface area contributed by atoms with E-state index in [-0.39, 0.29) is 29.3 Å². The monoisotopic (exact) mass is 512 g/mol. The van der Waals surface area contributed by atoms with Crippen molar-refractivity contribution in [2.45, 2.75) is 76.6 Å². The fourth-order valence-corrected chi connectivity index (χ4v) is 6.02. The molecule has 0 saturated carbocycles. The zero-order chi connectivity index (χ0) is 26.4. The number of carbonyl (C=O) groups excluding carboxylic acids is 1. The topological polar surface area (TPSA) is 91.8 Å². The van der Waals surface area contributed by atoms with E-state index in [4.69, 9.17) is 9.47 Å². The molecule has 3 aliphatic rings. The highest BCUT2D eigenvalue weighted by molar-refractivity contribution is 6.02. The standard InChI is InChI=1S/C27H37FN6O3/c1-26(2)15-18(13-19-7-6-10-34(19)26)30-23-20(28)16-29-25(32-23)31-17-8-9-22-21(14-17)33(11-12-36-5)24(35)27(3,4)37-22/h8-9,14,16,18-19H,6-7,10-13,15H2,1-5H3,(H2,29,30,31,32)/t18-,19+/m1/s1. The number of anilines is 4. The SMILES string of the molecule is COCCN1C(=O)C(C)(C)Oc2ccc(Nc3ncc(F)c(N[C@@H]4C[C@@H]5CCCN5C(C)(C)C4)n3)cc21. The van der Waals surface area contributed by atoms with E-state index in [9.17, 15) is 9.18 Å². The minimum absolute atomic E-state index is 0.0631. The number of halogens is 1. The molecule has 1 aromatic carbocycles. The summed E-state index contributed by atoms with van der Waals surface area (Å²) >= 11 is 0. The largest absolute Gasteiger partial charge is 0.476 e. The quantitative estimate of drug-likeness (QED) is 0.567. The first-order valence-electron chi connectivity index (χ1n) is 13.0. The van der Waals surface area contributed by atoms with Gasteiger partial charge in [-0.05, 0) is 78.1 Å². The van der Waals surface area contributed by atoms with Gasteiger partial charge in [-0.2, -0.15) is 4.98 Å². The van der Waals surface area contributed by atoms with E-state index in [2.05, 4.69) is 39.3 Å². The molecule has 4 heterocycles. The second-order valence-corrected chi connectivity index (χ2v) is 11.3. The number of carbonyl (C=O) groups is 1. The number of fused-ring (bicyclic) bond motifs is 2. The average molecular weight is 513 g/mol. The van der Waals surface area contributed by atoms with Crippen LogP contribution in [0.1, 0.15) is 53.4 Å². The van der Waals surface area contributed by atoms with Gasteiger partial charge < -0.3 is 25.0 Å². The Bertz CT molecular complexity index is 1170. The van der Waals surface area contributed by atoms with Gasteiger partial charge in [0.2, 0.25) is 5.95 Å². The molecule has 37 heavy (non-hydrogen) atoms. The van der Waals surface area contributed by atoms with E-state index in [1.807, 2.05) is 18.2 Å². The van der Waals surface area contributed by atoms with Crippen molar-refractivity contribution in [2.75, 3.05) is 42.3 Å². The molecule has 0 aliphatic carbocycles. The summed E-state index contributed by atoms with van der Waals surface area (Å²) in [7, 11) is 1.60. The van der Waals surface area contributed by atoms with E-state index >= 15 is 0 Å². The zero-order valence-corrected chi connectivity index (χ0v) is 22.3. The van der Waals surface area contributed by atoms with Crippen LogP contribution in [-0.2, 0) is 9.53 Å². The molecule has 3 aliphatic heterocycles. The van der Waals surface area contributed by atoms with E-state index in [0.717, 1.165) is 19.4 Å². The molecule has 1 aromatic heterocycles. The van der Waals surface area contributed by atoms with Gasteiger partial charge in [0.15, 0.2) is 17.2 Å². The van der Waals surface area contributed by atoms with Gasteiger partial charge in [-0.15, -0.1) is 0 Å². The second-order valence-electron chi connectivity index (χ2n) is 11.3. The number of piperidine rings is 1.